The van der Waals surface area contributed by atoms with Gasteiger partial charge < -0.3 is 5.11 Å². The SMILES string of the molecule is C=C(C)/C(=C(\C(=C/C)c1ccc(Cl)cc1)C(O)c1cccnc1)c1ccc(Cl)cc1F. The Balaban J connectivity index is 2.36. The Bertz CT molecular complexity index is 1150. The van der Waals surface area contributed by atoms with Gasteiger partial charge in [-0.2, -0.15) is 0 Å². The van der Waals surface area contributed by atoms with Crippen LogP contribution in [0.25, 0.3) is 11.1 Å². The van der Waals surface area contributed by atoms with Crippen LogP contribution in [0.4, 0.5) is 4.39 Å². The van der Waals surface area contributed by atoms with E-state index in [2.05, 4.69) is 11.6 Å². The maximum absolute atomic E-state index is 15.0. The van der Waals surface area contributed by atoms with Crippen molar-refractivity contribution in [2.75, 3.05) is 0 Å². The first-order valence-electron chi connectivity index (χ1n) is 9.69. The molecule has 2 nitrogen and oxygen atoms in total. The highest BCUT2D eigenvalue weighted by molar-refractivity contribution is 6.31. The van der Waals surface area contributed by atoms with Crippen molar-refractivity contribution in [1.82, 2.24) is 4.98 Å². The molecule has 1 N–H and O–H groups in total. The summed E-state index contributed by atoms with van der Waals surface area (Å²) in [6.07, 6.45) is 4.04. The molecule has 0 aliphatic rings. The van der Waals surface area contributed by atoms with E-state index in [1.54, 1.807) is 55.7 Å². The summed E-state index contributed by atoms with van der Waals surface area (Å²) >= 11 is 12.1. The van der Waals surface area contributed by atoms with Crippen molar-refractivity contribution in [1.29, 1.82) is 0 Å². The zero-order valence-electron chi connectivity index (χ0n) is 17.2. The maximum atomic E-state index is 15.0. The van der Waals surface area contributed by atoms with Crippen molar-refractivity contribution in [3.63, 3.8) is 0 Å². The van der Waals surface area contributed by atoms with E-state index >= 15 is 4.39 Å². The molecule has 31 heavy (non-hydrogen) atoms. The van der Waals surface area contributed by atoms with Crippen molar-refractivity contribution in [2.45, 2.75) is 20.0 Å². The molecule has 3 aromatic rings. The predicted molar refractivity (Wildman–Crippen MR) is 127 cm³/mol. The van der Waals surface area contributed by atoms with Crippen LogP contribution in [0.3, 0.4) is 0 Å². The molecule has 0 fully saturated rings. The van der Waals surface area contributed by atoms with Crippen LogP contribution in [0.1, 0.15) is 36.6 Å². The van der Waals surface area contributed by atoms with Crippen LogP contribution < -0.4 is 0 Å². The van der Waals surface area contributed by atoms with Crippen LogP contribution in [0.15, 0.2) is 90.8 Å². The molecule has 0 spiro atoms. The highest BCUT2D eigenvalue weighted by Gasteiger charge is 2.25. The first-order chi connectivity index (χ1) is 14.8. The van der Waals surface area contributed by atoms with Gasteiger partial charge in [-0.3, -0.25) is 4.98 Å². The van der Waals surface area contributed by atoms with Crippen molar-refractivity contribution in [3.8, 4) is 0 Å². The van der Waals surface area contributed by atoms with Gasteiger partial charge in [0, 0.05) is 39.1 Å². The number of hydrogen-bond donors (Lipinski definition) is 1. The normalized spacial score (nSPS) is 13.5. The quantitative estimate of drug-likeness (QED) is 0.387. The van der Waals surface area contributed by atoms with Gasteiger partial charge in [-0.1, -0.05) is 54.1 Å². The topological polar surface area (TPSA) is 33.1 Å². The molecule has 1 heterocycles. The van der Waals surface area contributed by atoms with Gasteiger partial charge in [-0.25, -0.2) is 4.39 Å². The number of halogens is 3. The minimum Gasteiger partial charge on any atom is -0.384 e. The maximum Gasteiger partial charge on any atom is 0.132 e. The van der Waals surface area contributed by atoms with Gasteiger partial charge in [0.25, 0.3) is 0 Å². The fraction of sp³-hybridized carbons (Fsp3) is 0.115. The standard InChI is InChI=1S/C26H22Cl2FNO/c1-4-21(17-7-9-19(27)10-8-17)25(26(31)18-6-5-13-30-15-18)24(16(2)3)22-12-11-20(28)14-23(22)29/h4-15,26,31H,2H2,1,3H3/b21-4-,25-24-. The summed E-state index contributed by atoms with van der Waals surface area (Å²) in [5.41, 5.74) is 4.09. The molecule has 5 heteroatoms. The van der Waals surface area contributed by atoms with Crippen molar-refractivity contribution < 1.29 is 9.50 Å². The second-order valence-corrected chi connectivity index (χ2v) is 7.96. The largest absolute Gasteiger partial charge is 0.384 e. The smallest absolute Gasteiger partial charge is 0.132 e. The second-order valence-electron chi connectivity index (χ2n) is 7.09. The second kappa shape index (κ2) is 10.1. The van der Waals surface area contributed by atoms with E-state index in [4.69, 9.17) is 23.2 Å². The molecule has 2 aromatic carbocycles. The number of aliphatic hydroxyl groups excluding tert-OH is 1. The first kappa shape index (κ1) is 23.0. The Morgan fingerprint density at radius 3 is 2.32 bits per heavy atom. The first-order valence-corrected chi connectivity index (χ1v) is 10.4. The van der Waals surface area contributed by atoms with Crippen LogP contribution in [-0.4, -0.2) is 10.1 Å². The molecular formula is C26H22Cl2FNO. The van der Waals surface area contributed by atoms with E-state index in [1.807, 2.05) is 25.1 Å². The molecule has 0 amide bonds. The van der Waals surface area contributed by atoms with Crippen molar-refractivity contribution in [3.05, 3.63) is 123 Å². The monoisotopic (exact) mass is 453 g/mol. The van der Waals surface area contributed by atoms with Gasteiger partial charge in [-0.05, 0) is 72.5 Å². The molecular weight excluding hydrogens is 432 g/mol. The zero-order chi connectivity index (χ0) is 22.5. The molecule has 0 saturated heterocycles. The lowest BCUT2D eigenvalue weighted by molar-refractivity contribution is 0.221. The number of allylic oxidation sites excluding steroid dienone is 3. The van der Waals surface area contributed by atoms with Crippen LogP contribution in [0.5, 0.6) is 0 Å². The summed E-state index contributed by atoms with van der Waals surface area (Å²) < 4.78 is 15.0. The summed E-state index contributed by atoms with van der Waals surface area (Å²) in [4.78, 5) is 4.13. The fourth-order valence-electron chi connectivity index (χ4n) is 3.53. The Kier molecular flexibility index (Phi) is 7.45. The van der Waals surface area contributed by atoms with Crippen molar-refractivity contribution in [2.24, 2.45) is 0 Å². The van der Waals surface area contributed by atoms with Gasteiger partial charge in [-0.15, -0.1) is 0 Å². The Hall–Kier alpha value is -2.72. The van der Waals surface area contributed by atoms with E-state index < -0.39 is 11.9 Å². The van der Waals surface area contributed by atoms with Gasteiger partial charge in [0.1, 0.15) is 11.9 Å². The molecule has 1 atom stereocenters. The Morgan fingerprint density at radius 1 is 1.10 bits per heavy atom. The van der Waals surface area contributed by atoms with Gasteiger partial charge in [0.2, 0.25) is 0 Å². The average Bonchev–Trinajstić information content (AvgIpc) is 2.75. The molecule has 158 valence electrons. The van der Waals surface area contributed by atoms with E-state index in [1.165, 1.54) is 6.07 Å². The number of rotatable bonds is 6. The Labute approximate surface area is 192 Å². The van der Waals surface area contributed by atoms with Crippen LogP contribution in [-0.2, 0) is 0 Å². The van der Waals surface area contributed by atoms with E-state index in [9.17, 15) is 5.11 Å². The molecule has 0 aliphatic carbocycles. The van der Waals surface area contributed by atoms with Crippen LogP contribution in [0, 0.1) is 5.82 Å². The van der Waals surface area contributed by atoms with Crippen LogP contribution >= 0.6 is 23.2 Å². The summed E-state index contributed by atoms with van der Waals surface area (Å²) in [5.74, 6) is -0.493. The molecule has 0 aliphatic heterocycles. The zero-order valence-corrected chi connectivity index (χ0v) is 18.8. The molecule has 0 radical (unpaired) electrons. The average molecular weight is 454 g/mol. The lowest BCUT2D eigenvalue weighted by Crippen LogP contribution is -2.09. The lowest BCUT2D eigenvalue weighted by Gasteiger charge is -2.24. The van der Waals surface area contributed by atoms with Gasteiger partial charge >= 0.3 is 0 Å². The number of aliphatic hydroxyl groups is 1. The lowest BCUT2D eigenvalue weighted by atomic mass is 9.82. The molecule has 0 bridgehead atoms. The third-order valence-electron chi connectivity index (χ3n) is 4.90. The highest BCUT2D eigenvalue weighted by Crippen LogP contribution is 2.42. The molecule has 3 rings (SSSR count). The summed E-state index contributed by atoms with van der Waals surface area (Å²) in [6.45, 7) is 7.74. The molecule has 1 unspecified atom stereocenters. The van der Waals surface area contributed by atoms with E-state index in [0.717, 1.165) is 11.1 Å². The summed E-state index contributed by atoms with van der Waals surface area (Å²) in [6, 6.07) is 15.3. The predicted octanol–water partition coefficient (Wildman–Crippen LogP) is 7.69. The van der Waals surface area contributed by atoms with Gasteiger partial charge in [0.05, 0.1) is 0 Å². The molecule has 0 saturated carbocycles. The number of hydrogen-bond acceptors (Lipinski definition) is 2. The number of pyridine rings is 1. The van der Waals surface area contributed by atoms with E-state index in [-0.39, 0.29) is 0 Å². The van der Waals surface area contributed by atoms with Gasteiger partial charge in [0.15, 0.2) is 0 Å². The van der Waals surface area contributed by atoms with Crippen molar-refractivity contribution >= 4 is 34.3 Å². The fourth-order valence-corrected chi connectivity index (χ4v) is 3.81. The minimum atomic E-state index is -1.07. The van der Waals surface area contributed by atoms with E-state index in [0.29, 0.717) is 37.9 Å². The minimum absolute atomic E-state index is 0.292. The third kappa shape index (κ3) is 5.13. The van der Waals surface area contributed by atoms with Crippen LogP contribution in [0.2, 0.25) is 10.0 Å². The number of aromatic nitrogens is 1. The molecule has 1 aromatic heterocycles. The number of nitrogens with zero attached hydrogens (tertiary/aromatic N) is 1. The highest BCUT2D eigenvalue weighted by atomic mass is 35.5. The third-order valence-corrected chi connectivity index (χ3v) is 5.39. The summed E-state index contributed by atoms with van der Waals surface area (Å²) in [7, 11) is 0. The summed E-state index contributed by atoms with van der Waals surface area (Å²) in [5, 5.41) is 12.4. The number of benzene rings is 2. The Morgan fingerprint density at radius 2 is 1.77 bits per heavy atom.